The van der Waals surface area contributed by atoms with E-state index >= 15 is 0 Å². The normalized spacial score (nSPS) is 22.4. The molecule has 0 aliphatic heterocycles. The monoisotopic (exact) mass is 260 g/mol. The Bertz CT molecular complexity index is 441. The van der Waals surface area contributed by atoms with Crippen LogP contribution < -0.4 is 5.32 Å². The SMILES string of the molecule is N#CC1CCCC1NC(=O)CSc1ccccc1. The number of nitrogens with zero attached hydrogens (tertiary/aromatic N) is 1. The molecule has 1 aliphatic carbocycles. The average molecular weight is 260 g/mol. The summed E-state index contributed by atoms with van der Waals surface area (Å²) in [5.74, 6) is 0.435. The number of amides is 1. The molecular weight excluding hydrogens is 244 g/mol. The summed E-state index contributed by atoms with van der Waals surface area (Å²) >= 11 is 1.53. The molecule has 0 heterocycles. The summed E-state index contributed by atoms with van der Waals surface area (Å²) in [7, 11) is 0. The molecule has 0 bridgehead atoms. The number of hydrogen-bond donors (Lipinski definition) is 1. The molecule has 2 unspecified atom stereocenters. The molecule has 0 saturated heterocycles. The first-order valence-electron chi connectivity index (χ1n) is 6.16. The topological polar surface area (TPSA) is 52.9 Å². The fraction of sp³-hybridized carbons (Fsp3) is 0.429. The van der Waals surface area contributed by atoms with Gasteiger partial charge in [0.1, 0.15) is 0 Å². The second kappa shape index (κ2) is 6.46. The van der Waals surface area contributed by atoms with E-state index in [-0.39, 0.29) is 17.9 Å². The van der Waals surface area contributed by atoms with Crippen LogP contribution in [0.5, 0.6) is 0 Å². The predicted octanol–water partition coefficient (Wildman–Crippen LogP) is 2.59. The standard InChI is InChI=1S/C14H16N2OS/c15-9-11-5-4-8-13(11)16-14(17)10-18-12-6-2-1-3-7-12/h1-3,6-7,11,13H,4-5,8,10H2,(H,16,17). The second-order valence-corrected chi connectivity index (χ2v) is 5.49. The molecule has 1 aliphatic rings. The lowest BCUT2D eigenvalue weighted by Gasteiger charge is -2.15. The van der Waals surface area contributed by atoms with Gasteiger partial charge in [0.05, 0.1) is 17.7 Å². The summed E-state index contributed by atoms with van der Waals surface area (Å²) in [6.45, 7) is 0. The molecule has 0 radical (unpaired) electrons. The lowest BCUT2D eigenvalue weighted by molar-refractivity contribution is -0.119. The molecule has 0 aromatic heterocycles. The van der Waals surface area contributed by atoms with E-state index in [1.54, 1.807) is 0 Å². The van der Waals surface area contributed by atoms with Crippen molar-refractivity contribution in [1.82, 2.24) is 5.32 Å². The van der Waals surface area contributed by atoms with Gasteiger partial charge in [-0.2, -0.15) is 5.26 Å². The van der Waals surface area contributed by atoms with E-state index < -0.39 is 0 Å². The number of rotatable bonds is 4. The molecule has 2 rings (SSSR count). The summed E-state index contributed by atoms with van der Waals surface area (Å²) in [5.41, 5.74) is 0. The average Bonchev–Trinajstić information content (AvgIpc) is 2.85. The van der Waals surface area contributed by atoms with E-state index in [2.05, 4.69) is 11.4 Å². The van der Waals surface area contributed by atoms with Crippen molar-refractivity contribution in [2.24, 2.45) is 5.92 Å². The van der Waals surface area contributed by atoms with Gasteiger partial charge in [0.25, 0.3) is 0 Å². The van der Waals surface area contributed by atoms with Crippen LogP contribution in [0.3, 0.4) is 0 Å². The molecule has 94 valence electrons. The summed E-state index contributed by atoms with van der Waals surface area (Å²) < 4.78 is 0. The van der Waals surface area contributed by atoms with Crippen molar-refractivity contribution in [3.63, 3.8) is 0 Å². The van der Waals surface area contributed by atoms with Crippen LogP contribution in [-0.2, 0) is 4.79 Å². The fourth-order valence-corrected chi connectivity index (χ4v) is 2.93. The number of nitrogens with one attached hydrogen (secondary N) is 1. The van der Waals surface area contributed by atoms with Crippen molar-refractivity contribution >= 4 is 17.7 Å². The number of thioether (sulfide) groups is 1. The van der Waals surface area contributed by atoms with Gasteiger partial charge < -0.3 is 5.32 Å². The number of nitriles is 1. The number of benzene rings is 1. The van der Waals surface area contributed by atoms with Gasteiger partial charge in [-0.25, -0.2) is 0 Å². The molecule has 2 atom stereocenters. The maximum absolute atomic E-state index is 11.8. The van der Waals surface area contributed by atoms with Crippen molar-refractivity contribution in [3.05, 3.63) is 30.3 Å². The highest BCUT2D eigenvalue weighted by Gasteiger charge is 2.28. The van der Waals surface area contributed by atoms with Crippen molar-refractivity contribution < 1.29 is 4.79 Å². The zero-order chi connectivity index (χ0) is 12.8. The molecule has 4 heteroatoms. The number of carbonyl (C=O) groups is 1. The van der Waals surface area contributed by atoms with E-state index in [0.29, 0.717) is 5.75 Å². The molecular formula is C14H16N2OS. The molecule has 1 fully saturated rings. The van der Waals surface area contributed by atoms with Crippen LogP contribution in [0.15, 0.2) is 35.2 Å². The highest BCUT2D eigenvalue weighted by Crippen LogP contribution is 2.25. The Kier molecular flexibility index (Phi) is 4.66. The quantitative estimate of drug-likeness (QED) is 0.847. The van der Waals surface area contributed by atoms with Gasteiger partial charge in [0.15, 0.2) is 0 Å². The van der Waals surface area contributed by atoms with E-state index in [9.17, 15) is 4.79 Å². The van der Waals surface area contributed by atoms with Crippen molar-refractivity contribution in [3.8, 4) is 6.07 Å². The van der Waals surface area contributed by atoms with Gasteiger partial charge in [-0.05, 0) is 31.4 Å². The van der Waals surface area contributed by atoms with Crippen molar-refractivity contribution in [2.75, 3.05) is 5.75 Å². The fourth-order valence-electron chi connectivity index (χ4n) is 2.20. The lowest BCUT2D eigenvalue weighted by atomic mass is 10.1. The number of hydrogen-bond acceptors (Lipinski definition) is 3. The van der Waals surface area contributed by atoms with Crippen LogP contribution in [-0.4, -0.2) is 17.7 Å². The van der Waals surface area contributed by atoms with Crippen molar-refractivity contribution in [1.29, 1.82) is 5.26 Å². The van der Waals surface area contributed by atoms with Gasteiger partial charge >= 0.3 is 0 Å². The van der Waals surface area contributed by atoms with Crippen LogP contribution in [0, 0.1) is 17.2 Å². The smallest absolute Gasteiger partial charge is 0.230 e. The Morgan fingerprint density at radius 3 is 2.89 bits per heavy atom. The minimum atomic E-state index is -0.00400. The first kappa shape index (κ1) is 13.0. The third-order valence-electron chi connectivity index (χ3n) is 3.14. The Morgan fingerprint density at radius 2 is 2.17 bits per heavy atom. The van der Waals surface area contributed by atoms with Crippen LogP contribution >= 0.6 is 11.8 Å². The molecule has 1 aromatic rings. The third kappa shape index (κ3) is 3.51. The third-order valence-corrected chi connectivity index (χ3v) is 4.15. The summed E-state index contributed by atoms with van der Waals surface area (Å²) in [6, 6.07) is 12.2. The Labute approximate surface area is 112 Å². The van der Waals surface area contributed by atoms with Gasteiger partial charge in [0.2, 0.25) is 5.91 Å². The summed E-state index contributed by atoms with van der Waals surface area (Å²) in [6.07, 6.45) is 2.88. The molecule has 18 heavy (non-hydrogen) atoms. The Morgan fingerprint density at radius 1 is 1.39 bits per heavy atom. The second-order valence-electron chi connectivity index (χ2n) is 4.44. The Balaban J connectivity index is 1.77. The summed E-state index contributed by atoms with van der Waals surface area (Å²) in [4.78, 5) is 12.9. The first-order valence-corrected chi connectivity index (χ1v) is 7.15. The maximum Gasteiger partial charge on any atom is 0.230 e. The van der Waals surface area contributed by atoms with Crippen LogP contribution in [0.1, 0.15) is 19.3 Å². The van der Waals surface area contributed by atoms with E-state index in [0.717, 1.165) is 24.2 Å². The van der Waals surface area contributed by atoms with Gasteiger partial charge in [-0.15, -0.1) is 11.8 Å². The minimum absolute atomic E-state index is 0.00400. The molecule has 1 aromatic carbocycles. The van der Waals surface area contributed by atoms with Crippen LogP contribution in [0.25, 0.3) is 0 Å². The predicted molar refractivity (Wildman–Crippen MR) is 72.1 cm³/mol. The maximum atomic E-state index is 11.8. The van der Waals surface area contributed by atoms with Gasteiger partial charge in [0, 0.05) is 10.9 Å². The molecule has 1 N–H and O–H groups in total. The molecule has 1 saturated carbocycles. The highest BCUT2D eigenvalue weighted by atomic mass is 32.2. The van der Waals surface area contributed by atoms with Crippen LogP contribution in [0.4, 0.5) is 0 Å². The number of carbonyl (C=O) groups excluding carboxylic acids is 1. The zero-order valence-corrected chi connectivity index (χ0v) is 11.0. The lowest BCUT2D eigenvalue weighted by Crippen LogP contribution is -2.37. The van der Waals surface area contributed by atoms with E-state index in [4.69, 9.17) is 5.26 Å². The van der Waals surface area contributed by atoms with Crippen LogP contribution in [0.2, 0.25) is 0 Å². The Hall–Kier alpha value is -1.47. The molecule has 1 amide bonds. The molecule has 3 nitrogen and oxygen atoms in total. The van der Waals surface area contributed by atoms with E-state index in [1.165, 1.54) is 11.8 Å². The minimum Gasteiger partial charge on any atom is -0.351 e. The summed E-state index contributed by atoms with van der Waals surface area (Å²) in [5, 5.41) is 11.9. The largest absolute Gasteiger partial charge is 0.351 e. The first-order chi connectivity index (χ1) is 8.79. The molecule has 0 spiro atoms. The van der Waals surface area contributed by atoms with Crippen molar-refractivity contribution in [2.45, 2.75) is 30.2 Å². The van der Waals surface area contributed by atoms with Gasteiger partial charge in [-0.3, -0.25) is 4.79 Å². The van der Waals surface area contributed by atoms with E-state index in [1.807, 2.05) is 30.3 Å². The zero-order valence-electron chi connectivity index (χ0n) is 10.1. The highest BCUT2D eigenvalue weighted by molar-refractivity contribution is 8.00. The van der Waals surface area contributed by atoms with Gasteiger partial charge in [-0.1, -0.05) is 18.2 Å².